The van der Waals surface area contributed by atoms with Crippen LogP contribution in [-0.2, 0) is 9.53 Å². The first kappa shape index (κ1) is 10.9. The van der Waals surface area contributed by atoms with Crippen LogP contribution < -0.4 is 10.6 Å². The van der Waals surface area contributed by atoms with Gasteiger partial charge < -0.3 is 15.4 Å². The van der Waals surface area contributed by atoms with Crippen LogP contribution in [0.1, 0.15) is 12.8 Å². The second kappa shape index (κ2) is 4.13. The first-order chi connectivity index (χ1) is 7.66. The summed E-state index contributed by atoms with van der Waals surface area (Å²) in [5.74, 6) is -0.382. The van der Waals surface area contributed by atoms with Gasteiger partial charge in [0.15, 0.2) is 0 Å². The van der Waals surface area contributed by atoms with Gasteiger partial charge >= 0.3 is 12.0 Å². The van der Waals surface area contributed by atoms with Gasteiger partial charge in [-0.15, -0.1) is 0 Å². The van der Waals surface area contributed by atoms with Crippen molar-refractivity contribution in [1.82, 2.24) is 5.32 Å². The van der Waals surface area contributed by atoms with Crippen molar-refractivity contribution in [2.75, 3.05) is 12.4 Å². The molecule has 1 aliphatic rings. The lowest BCUT2D eigenvalue weighted by Crippen LogP contribution is -2.45. The highest BCUT2D eigenvalue weighted by molar-refractivity contribution is 7.08. The highest BCUT2D eigenvalue weighted by Crippen LogP contribution is 2.36. The molecule has 2 N–H and O–H groups in total. The number of urea groups is 1. The van der Waals surface area contributed by atoms with E-state index in [1.54, 1.807) is 6.07 Å². The summed E-state index contributed by atoms with van der Waals surface area (Å²) >= 11 is 1.49. The highest BCUT2D eigenvalue weighted by atomic mass is 32.1. The van der Waals surface area contributed by atoms with E-state index in [4.69, 9.17) is 0 Å². The molecular formula is C10H12N2O3S. The molecule has 0 atom stereocenters. The lowest BCUT2D eigenvalue weighted by Gasteiger charge is -2.14. The lowest BCUT2D eigenvalue weighted by molar-refractivity contribution is -0.144. The van der Waals surface area contributed by atoms with Gasteiger partial charge in [-0.2, -0.15) is 11.3 Å². The Labute approximate surface area is 96.8 Å². The number of nitrogens with one attached hydrogen (secondary N) is 2. The molecule has 16 heavy (non-hydrogen) atoms. The minimum atomic E-state index is -0.797. The molecule has 1 aromatic rings. The van der Waals surface area contributed by atoms with Crippen molar-refractivity contribution in [3.8, 4) is 0 Å². The van der Waals surface area contributed by atoms with E-state index < -0.39 is 5.54 Å². The molecule has 2 rings (SSSR count). The Balaban J connectivity index is 1.90. The first-order valence-corrected chi connectivity index (χ1v) is 5.80. The molecule has 1 aliphatic carbocycles. The molecule has 1 heterocycles. The average molecular weight is 240 g/mol. The Morgan fingerprint density at radius 2 is 2.25 bits per heavy atom. The van der Waals surface area contributed by atoms with Gasteiger partial charge in [-0.1, -0.05) is 0 Å². The largest absolute Gasteiger partial charge is 0.467 e. The van der Waals surface area contributed by atoms with Crippen molar-refractivity contribution in [1.29, 1.82) is 0 Å². The van der Waals surface area contributed by atoms with Gasteiger partial charge in [0.05, 0.1) is 12.8 Å². The molecule has 1 aromatic heterocycles. The number of thiophene rings is 1. The van der Waals surface area contributed by atoms with Crippen molar-refractivity contribution in [2.45, 2.75) is 18.4 Å². The molecule has 86 valence electrons. The number of carbonyl (C=O) groups excluding carboxylic acids is 2. The maximum absolute atomic E-state index is 11.6. The Hall–Kier alpha value is -1.56. The number of carbonyl (C=O) groups is 2. The van der Waals surface area contributed by atoms with E-state index in [0.717, 1.165) is 5.69 Å². The van der Waals surface area contributed by atoms with Crippen LogP contribution in [0.15, 0.2) is 16.8 Å². The Kier molecular flexibility index (Phi) is 2.82. The molecular weight excluding hydrogens is 228 g/mol. The van der Waals surface area contributed by atoms with Crippen LogP contribution >= 0.6 is 11.3 Å². The van der Waals surface area contributed by atoms with E-state index in [9.17, 15) is 9.59 Å². The van der Waals surface area contributed by atoms with E-state index in [0.29, 0.717) is 12.8 Å². The van der Waals surface area contributed by atoms with E-state index in [1.807, 2.05) is 10.8 Å². The summed E-state index contributed by atoms with van der Waals surface area (Å²) < 4.78 is 4.63. The summed E-state index contributed by atoms with van der Waals surface area (Å²) in [6, 6.07) is 1.42. The van der Waals surface area contributed by atoms with Crippen LogP contribution in [0.2, 0.25) is 0 Å². The topological polar surface area (TPSA) is 67.4 Å². The molecule has 1 fully saturated rings. The smallest absolute Gasteiger partial charge is 0.331 e. The van der Waals surface area contributed by atoms with Gasteiger partial charge in [0.25, 0.3) is 0 Å². The fourth-order valence-electron chi connectivity index (χ4n) is 1.42. The molecule has 6 heteroatoms. The van der Waals surface area contributed by atoms with E-state index >= 15 is 0 Å². The zero-order valence-electron chi connectivity index (χ0n) is 8.78. The minimum absolute atomic E-state index is 0.374. The second-order valence-electron chi connectivity index (χ2n) is 3.66. The van der Waals surface area contributed by atoms with Gasteiger partial charge in [0, 0.05) is 5.38 Å². The fourth-order valence-corrected chi connectivity index (χ4v) is 2.00. The van der Waals surface area contributed by atoms with Crippen molar-refractivity contribution in [2.24, 2.45) is 0 Å². The number of hydrogen-bond acceptors (Lipinski definition) is 4. The third kappa shape index (κ3) is 2.16. The maximum Gasteiger partial charge on any atom is 0.331 e. The van der Waals surface area contributed by atoms with Crippen LogP contribution in [0.25, 0.3) is 0 Å². The molecule has 2 amide bonds. The van der Waals surface area contributed by atoms with Crippen LogP contribution in [0, 0.1) is 0 Å². The van der Waals surface area contributed by atoms with Gasteiger partial charge in [-0.05, 0) is 24.3 Å². The fraction of sp³-hybridized carbons (Fsp3) is 0.400. The van der Waals surface area contributed by atoms with Gasteiger partial charge in [0.1, 0.15) is 5.54 Å². The molecule has 0 spiro atoms. The van der Waals surface area contributed by atoms with Crippen molar-refractivity contribution < 1.29 is 14.3 Å². The summed E-state index contributed by atoms with van der Waals surface area (Å²) in [6.07, 6.45) is 1.27. The standard InChI is InChI=1S/C10H12N2O3S/c1-15-8(13)10(3-4-10)12-9(14)11-7-2-5-16-6-7/h2,5-6H,3-4H2,1H3,(H2,11,12,14). The number of rotatable bonds is 3. The number of methoxy groups -OCH3 is 1. The maximum atomic E-state index is 11.6. The quantitative estimate of drug-likeness (QED) is 0.788. The SMILES string of the molecule is COC(=O)C1(NC(=O)Nc2ccsc2)CC1. The Morgan fingerprint density at radius 3 is 2.75 bits per heavy atom. The Morgan fingerprint density at radius 1 is 1.50 bits per heavy atom. The monoisotopic (exact) mass is 240 g/mol. The molecule has 0 unspecified atom stereocenters. The third-order valence-electron chi connectivity index (χ3n) is 2.46. The molecule has 0 aromatic carbocycles. The summed E-state index contributed by atoms with van der Waals surface area (Å²) in [7, 11) is 1.32. The van der Waals surface area contributed by atoms with Crippen molar-refractivity contribution >= 4 is 29.0 Å². The van der Waals surface area contributed by atoms with Gasteiger partial charge in [-0.25, -0.2) is 9.59 Å². The van der Waals surface area contributed by atoms with E-state index in [2.05, 4.69) is 15.4 Å². The first-order valence-electron chi connectivity index (χ1n) is 4.86. The van der Waals surface area contributed by atoms with Crippen molar-refractivity contribution in [3.63, 3.8) is 0 Å². The predicted molar refractivity (Wildman–Crippen MR) is 60.5 cm³/mol. The number of amides is 2. The molecule has 0 saturated heterocycles. The van der Waals surface area contributed by atoms with Crippen LogP contribution in [-0.4, -0.2) is 24.6 Å². The third-order valence-corrected chi connectivity index (χ3v) is 3.14. The number of esters is 1. The van der Waals surface area contributed by atoms with E-state index in [-0.39, 0.29) is 12.0 Å². The summed E-state index contributed by atoms with van der Waals surface area (Å²) in [4.78, 5) is 22.9. The van der Waals surface area contributed by atoms with Crippen LogP contribution in [0.3, 0.4) is 0 Å². The van der Waals surface area contributed by atoms with Gasteiger partial charge in [0.2, 0.25) is 0 Å². The van der Waals surface area contributed by atoms with Gasteiger partial charge in [-0.3, -0.25) is 0 Å². The molecule has 0 radical (unpaired) electrons. The minimum Gasteiger partial charge on any atom is -0.467 e. The zero-order chi connectivity index (χ0) is 11.6. The summed E-state index contributed by atoms with van der Waals surface area (Å²) in [5.41, 5.74) is -0.0716. The zero-order valence-corrected chi connectivity index (χ0v) is 9.60. The second-order valence-corrected chi connectivity index (χ2v) is 4.44. The molecule has 0 bridgehead atoms. The van der Waals surface area contributed by atoms with Crippen molar-refractivity contribution in [3.05, 3.63) is 16.8 Å². The van der Waals surface area contributed by atoms with Crippen LogP contribution in [0.5, 0.6) is 0 Å². The normalized spacial score (nSPS) is 16.3. The average Bonchev–Trinajstić information content (AvgIpc) is 2.85. The molecule has 1 saturated carbocycles. The van der Waals surface area contributed by atoms with E-state index in [1.165, 1.54) is 18.4 Å². The summed E-state index contributed by atoms with van der Waals surface area (Å²) in [5, 5.41) is 8.97. The van der Waals surface area contributed by atoms with Crippen LogP contribution in [0.4, 0.5) is 10.5 Å². The number of hydrogen-bond donors (Lipinski definition) is 2. The number of anilines is 1. The predicted octanol–water partition coefficient (Wildman–Crippen LogP) is 1.58. The molecule has 5 nitrogen and oxygen atoms in total. The Bertz CT molecular complexity index is 398. The summed E-state index contributed by atoms with van der Waals surface area (Å²) in [6.45, 7) is 0. The lowest BCUT2D eigenvalue weighted by atomic mass is 10.3. The number of ether oxygens (including phenoxy) is 1. The molecule has 0 aliphatic heterocycles. The highest BCUT2D eigenvalue weighted by Gasteiger charge is 2.52.